The standard InChI is InChI=1S/C8H15F3N2/c1-12(2)5-7(6-13(3)4)8(9,10)11/h5H,6H2,1-4H3/b7-5+. The molecule has 0 atom stereocenters. The average Bonchev–Trinajstić information content (AvgIpc) is 1.81. The smallest absolute Gasteiger partial charge is 0.383 e. The molecule has 0 aromatic carbocycles. The highest BCUT2D eigenvalue weighted by Crippen LogP contribution is 2.25. The van der Waals surface area contributed by atoms with Crippen LogP contribution in [-0.2, 0) is 0 Å². The Bertz CT molecular complexity index is 182. The maximum atomic E-state index is 12.3. The van der Waals surface area contributed by atoms with Crippen LogP contribution in [0.25, 0.3) is 0 Å². The molecule has 0 unspecified atom stereocenters. The lowest BCUT2D eigenvalue weighted by atomic mass is 10.2. The van der Waals surface area contributed by atoms with Gasteiger partial charge in [0.05, 0.1) is 5.57 Å². The summed E-state index contributed by atoms with van der Waals surface area (Å²) < 4.78 is 37.0. The highest BCUT2D eigenvalue weighted by Gasteiger charge is 2.33. The molecule has 0 spiro atoms. The molecular weight excluding hydrogens is 181 g/mol. The third-order valence-electron chi connectivity index (χ3n) is 1.26. The minimum absolute atomic E-state index is 0.0956. The van der Waals surface area contributed by atoms with Crippen molar-refractivity contribution in [2.24, 2.45) is 0 Å². The molecule has 2 nitrogen and oxygen atoms in total. The van der Waals surface area contributed by atoms with Gasteiger partial charge in [0.25, 0.3) is 0 Å². The molecule has 0 rings (SSSR count). The fraction of sp³-hybridized carbons (Fsp3) is 0.750. The molecular formula is C8H15F3N2. The first-order chi connectivity index (χ1) is 5.73. The van der Waals surface area contributed by atoms with Crippen LogP contribution in [0, 0.1) is 0 Å². The van der Waals surface area contributed by atoms with Gasteiger partial charge < -0.3 is 9.80 Å². The summed E-state index contributed by atoms with van der Waals surface area (Å²) in [4.78, 5) is 2.88. The fourth-order valence-electron chi connectivity index (χ4n) is 0.856. The Labute approximate surface area is 76.6 Å². The molecule has 0 aromatic heterocycles. The average molecular weight is 196 g/mol. The molecule has 0 fully saturated rings. The molecule has 0 saturated carbocycles. The monoisotopic (exact) mass is 196 g/mol. The van der Waals surface area contributed by atoms with Crippen LogP contribution in [0.15, 0.2) is 11.8 Å². The molecule has 13 heavy (non-hydrogen) atoms. The zero-order chi connectivity index (χ0) is 10.6. The van der Waals surface area contributed by atoms with Crippen molar-refractivity contribution in [3.63, 3.8) is 0 Å². The van der Waals surface area contributed by atoms with Crippen molar-refractivity contribution in [1.82, 2.24) is 9.80 Å². The maximum absolute atomic E-state index is 12.3. The van der Waals surface area contributed by atoms with Crippen molar-refractivity contribution in [1.29, 1.82) is 0 Å². The molecule has 0 radical (unpaired) electrons. The third kappa shape index (κ3) is 5.52. The van der Waals surface area contributed by atoms with Crippen molar-refractivity contribution in [3.8, 4) is 0 Å². The second-order valence-corrected chi connectivity index (χ2v) is 3.35. The van der Waals surface area contributed by atoms with Gasteiger partial charge in [-0.2, -0.15) is 13.2 Å². The first-order valence-electron chi connectivity index (χ1n) is 3.82. The predicted octanol–water partition coefficient (Wildman–Crippen LogP) is 1.56. The summed E-state index contributed by atoms with van der Waals surface area (Å²) in [7, 11) is 6.35. The summed E-state index contributed by atoms with van der Waals surface area (Å²) in [5.74, 6) is 0. The van der Waals surface area contributed by atoms with Gasteiger partial charge >= 0.3 is 6.18 Å². The van der Waals surface area contributed by atoms with Gasteiger partial charge in [-0.15, -0.1) is 0 Å². The molecule has 0 bridgehead atoms. The van der Waals surface area contributed by atoms with Gasteiger partial charge in [0.15, 0.2) is 0 Å². The van der Waals surface area contributed by atoms with E-state index in [-0.39, 0.29) is 6.54 Å². The number of rotatable bonds is 3. The molecule has 5 heteroatoms. The second-order valence-electron chi connectivity index (χ2n) is 3.35. The maximum Gasteiger partial charge on any atom is 0.415 e. The molecule has 0 amide bonds. The van der Waals surface area contributed by atoms with Crippen LogP contribution >= 0.6 is 0 Å². The van der Waals surface area contributed by atoms with Gasteiger partial charge in [-0.1, -0.05) is 0 Å². The van der Waals surface area contributed by atoms with Gasteiger partial charge in [0, 0.05) is 26.8 Å². The van der Waals surface area contributed by atoms with E-state index in [1.54, 1.807) is 28.2 Å². The van der Waals surface area contributed by atoms with Crippen LogP contribution in [0.5, 0.6) is 0 Å². The first-order valence-corrected chi connectivity index (χ1v) is 3.82. The van der Waals surface area contributed by atoms with Crippen LogP contribution in [0.1, 0.15) is 0 Å². The Morgan fingerprint density at radius 1 is 1.15 bits per heavy atom. The lowest BCUT2D eigenvalue weighted by molar-refractivity contribution is -0.0959. The lowest BCUT2D eigenvalue weighted by Gasteiger charge is -2.18. The quantitative estimate of drug-likeness (QED) is 0.675. The summed E-state index contributed by atoms with van der Waals surface area (Å²) in [6.07, 6.45) is -3.14. The number of alkyl halides is 3. The van der Waals surface area contributed by atoms with E-state index in [4.69, 9.17) is 0 Å². The number of hydrogen-bond acceptors (Lipinski definition) is 2. The number of halogens is 3. The minimum Gasteiger partial charge on any atom is -0.383 e. The van der Waals surface area contributed by atoms with E-state index in [0.29, 0.717) is 0 Å². The lowest BCUT2D eigenvalue weighted by Crippen LogP contribution is -2.26. The van der Waals surface area contributed by atoms with Crippen LogP contribution in [0.3, 0.4) is 0 Å². The summed E-state index contributed by atoms with van der Waals surface area (Å²) in [5.41, 5.74) is -0.539. The van der Waals surface area contributed by atoms with Crippen molar-refractivity contribution in [2.75, 3.05) is 34.7 Å². The highest BCUT2D eigenvalue weighted by atomic mass is 19.4. The Hall–Kier alpha value is -0.710. The molecule has 0 aliphatic heterocycles. The van der Waals surface area contributed by atoms with Gasteiger partial charge in [0.2, 0.25) is 0 Å². The van der Waals surface area contributed by atoms with E-state index in [2.05, 4.69) is 0 Å². The van der Waals surface area contributed by atoms with Gasteiger partial charge in [-0.25, -0.2) is 0 Å². The fourth-order valence-corrected chi connectivity index (χ4v) is 0.856. The topological polar surface area (TPSA) is 6.48 Å². The van der Waals surface area contributed by atoms with Crippen LogP contribution < -0.4 is 0 Å². The highest BCUT2D eigenvalue weighted by molar-refractivity contribution is 5.09. The second kappa shape index (κ2) is 4.50. The SMILES string of the molecule is CN(C)/C=C(\CN(C)C)C(F)(F)F. The molecule has 0 aliphatic carbocycles. The van der Waals surface area contributed by atoms with Crippen molar-refractivity contribution < 1.29 is 13.2 Å². The molecule has 0 aliphatic rings. The number of likely N-dealkylation sites (N-methyl/N-ethyl adjacent to an activating group) is 1. The number of nitrogens with zero attached hydrogens (tertiary/aromatic N) is 2. The van der Waals surface area contributed by atoms with Crippen LogP contribution in [-0.4, -0.2) is 50.7 Å². The summed E-state index contributed by atoms with van der Waals surface area (Å²) in [6.45, 7) is -0.0956. The number of hydrogen-bond donors (Lipinski definition) is 0. The molecule has 78 valence electrons. The van der Waals surface area contributed by atoms with Crippen LogP contribution in [0.4, 0.5) is 13.2 Å². The van der Waals surface area contributed by atoms with E-state index >= 15 is 0 Å². The van der Waals surface area contributed by atoms with Crippen molar-refractivity contribution in [3.05, 3.63) is 11.8 Å². The zero-order valence-corrected chi connectivity index (χ0v) is 8.31. The van der Waals surface area contributed by atoms with E-state index in [1.807, 2.05) is 0 Å². The molecule has 0 heterocycles. The predicted molar refractivity (Wildman–Crippen MR) is 46.4 cm³/mol. The summed E-state index contributed by atoms with van der Waals surface area (Å²) in [6, 6.07) is 0. The normalized spacial score (nSPS) is 13.7. The Kier molecular flexibility index (Phi) is 4.26. The minimum atomic E-state index is -4.24. The largest absolute Gasteiger partial charge is 0.415 e. The molecule has 0 N–H and O–H groups in total. The summed E-state index contributed by atoms with van der Waals surface area (Å²) in [5, 5.41) is 0. The molecule has 0 saturated heterocycles. The van der Waals surface area contributed by atoms with E-state index in [0.717, 1.165) is 6.20 Å². The van der Waals surface area contributed by atoms with E-state index < -0.39 is 11.7 Å². The zero-order valence-electron chi connectivity index (χ0n) is 8.31. The van der Waals surface area contributed by atoms with Crippen LogP contribution in [0.2, 0.25) is 0 Å². The Morgan fingerprint density at radius 3 is 1.85 bits per heavy atom. The van der Waals surface area contributed by atoms with E-state index in [9.17, 15) is 13.2 Å². The van der Waals surface area contributed by atoms with Crippen molar-refractivity contribution in [2.45, 2.75) is 6.18 Å². The van der Waals surface area contributed by atoms with Crippen molar-refractivity contribution >= 4 is 0 Å². The Morgan fingerprint density at radius 2 is 1.62 bits per heavy atom. The van der Waals surface area contributed by atoms with Gasteiger partial charge in [-0.3, -0.25) is 0 Å². The summed E-state index contributed by atoms with van der Waals surface area (Å²) >= 11 is 0. The molecule has 0 aromatic rings. The van der Waals surface area contributed by atoms with Gasteiger partial charge in [-0.05, 0) is 14.1 Å². The van der Waals surface area contributed by atoms with E-state index in [1.165, 1.54) is 9.80 Å². The van der Waals surface area contributed by atoms with Gasteiger partial charge in [0.1, 0.15) is 0 Å². The third-order valence-corrected chi connectivity index (χ3v) is 1.26. The Balaban J connectivity index is 4.57. The first kappa shape index (κ1) is 12.3.